The van der Waals surface area contributed by atoms with Crippen LogP contribution in [0.15, 0.2) is 107 Å². The molecule has 2 aliphatic rings. The number of carbonyl (C=O) groups is 1. The molecule has 8 nitrogen and oxygen atoms in total. The number of carbonyl (C=O) groups excluding carboxylic acids is 1. The van der Waals surface area contributed by atoms with Crippen LogP contribution < -0.4 is 10.6 Å². The number of anilines is 1. The monoisotopic (exact) mass is 587 g/mol. The highest BCUT2D eigenvalue weighted by Crippen LogP contribution is 2.46. The van der Waals surface area contributed by atoms with Crippen LogP contribution in [0.5, 0.6) is 0 Å². The first-order valence-electron chi connectivity index (χ1n) is 15.2. The van der Waals surface area contributed by atoms with Crippen molar-refractivity contribution in [2.75, 3.05) is 44.2 Å². The summed E-state index contributed by atoms with van der Waals surface area (Å²) >= 11 is 0. The van der Waals surface area contributed by atoms with Crippen LogP contribution >= 0.6 is 0 Å². The Labute approximate surface area is 258 Å². The van der Waals surface area contributed by atoms with Crippen LogP contribution in [0.25, 0.3) is 11.8 Å². The third kappa shape index (κ3) is 5.98. The molecule has 0 spiro atoms. The molecular formula is C36H37N5O3. The zero-order valence-corrected chi connectivity index (χ0v) is 25.2. The Hall–Kier alpha value is -4.82. The number of esters is 1. The summed E-state index contributed by atoms with van der Waals surface area (Å²) in [5, 5.41) is 0. The molecule has 3 heterocycles. The molecule has 44 heavy (non-hydrogen) atoms. The third-order valence-corrected chi connectivity index (χ3v) is 8.32. The lowest BCUT2D eigenvalue weighted by Crippen LogP contribution is -2.48. The maximum Gasteiger partial charge on any atom is 0.355 e. The van der Waals surface area contributed by atoms with Crippen molar-refractivity contribution in [1.82, 2.24) is 14.5 Å². The molecule has 0 saturated carbocycles. The fourth-order valence-corrected chi connectivity index (χ4v) is 6.20. The molecule has 0 aliphatic carbocycles. The number of rotatable bonds is 8. The molecule has 1 saturated heterocycles. The van der Waals surface area contributed by atoms with Gasteiger partial charge >= 0.3 is 11.7 Å². The number of ether oxygens (including phenoxy) is 1. The highest BCUT2D eigenvalue weighted by molar-refractivity contribution is 6.05. The second-order valence-corrected chi connectivity index (χ2v) is 11.1. The van der Waals surface area contributed by atoms with Gasteiger partial charge in [0.05, 0.1) is 12.3 Å². The van der Waals surface area contributed by atoms with Crippen LogP contribution in [0.2, 0.25) is 0 Å². The Balaban J connectivity index is 1.42. The smallest absolute Gasteiger partial charge is 0.355 e. The van der Waals surface area contributed by atoms with E-state index < -0.39 is 17.5 Å². The quantitative estimate of drug-likeness (QED) is 0.254. The van der Waals surface area contributed by atoms with Gasteiger partial charge in [0.1, 0.15) is 17.6 Å². The zero-order chi connectivity index (χ0) is 30.5. The summed E-state index contributed by atoms with van der Waals surface area (Å²) < 4.78 is 7.16. The van der Waals surface area contributed by atoms with Crippen molar-refractivity contribution in [3.8, 4) is 5.69 Å². The molecule has 8 heteroatoms. The normalized spacial score (nSPS) is 18.6. The molecule has 2 aliphatic heterocycles. The van der Waals surface area contributed by atoms with Crippen LogP contribution in [0.1, 0.15) is 36.5 Å². The van der Waals surface area contributed by atoms with Crippen LogP contribution in [0.3, 0.4) is 0 Å². The number of aromatic nitrogens is 2. The predicted molar refractivity (Wildman–Crippen MR) is 175 cm³/mol. The topological polar surface area (TPSA) is 80.0 Å². The molecule has 2 atom stereocenters. The lowest BCUT2D eigenvalue weighted by molar-refractivity contribution is -0.146. The van der Waals surface area contributed by atoms with E-state index in [4.69, 9.17) is 14.7 Å². The Bertz CT molecular complexity index is 1710. The van der Waals surface area contributed by atoms with Gasteiger partial charge in [-0.1, -0.05) is 91.0 Å². The van der Waals surface area contributed by atoms with Gasteiger partial charge in [-0.2, -0.15) is 4.98 Å². The van der Waals surface area contributed by atoms with Crippen LogP contribution in [-0.2, 0) is 9.53 Å². The Morgan fingerprint density at radius 1 is 0.909 bits per heavy atom. The minimum absolute atomic E-state index is 0.270. The Morgan fingerprint density at radius 3 is 2.20 bits per heavy atom. The number of hydrogen-bond donors (Lipinski definition) is 0. The summed E-state index contributed by atoms with van der Waals surface area (Å²) in [5.41, 5.74) is 3.81. The predicted octanol–water partition coefficient (Wildman–Crippen LogP) is 5.49. The van der Waals surface area contributed by atoms with E-state index in [2.05, 4.69) is 34.1 Å². The average molecular weight is 588 g/mol. The number of benzene rings is 3. The van der Waals surface area contributed by atoms with Crippen molar-refractivity contribution in [1.29, 1.82) is 0 Å². The van der Waals surface area contributed by atoms with Gasteiger partial charge in [0.25, 0.3) is 0 Å². The van der Waals surface area contributed by atoms with Crippen molar-refractivity contribution in [2.24, 2.45) is 10.9 Å². The minimum Gasteiger partial charge on any atom is -0.465 e. The lowest BCUT2D eigenvalue weighted by atomic mass is 9.76. The van der Waals surface area contributed by atoms with Gasteiger partial charge in [-0.3, -0.25) is 9.69 Å². The van der Waals surface area contributed by atoms with Gasteiger partial charge in [-0.25, -0.2) is 14.4 Å². The molecule has 0 radical (unpaired) electrons. The van der Waals surface area contributed by atoms with E-state index in [9.17, 15) is 9.59 Å². The second-order valence-electron chi connectivity index (χ2n) is 11.1. The van der Waals surface area contributed by atoms with E-state index in [0.717, 1.165) is 30.8 Å². The van der Waals surface area contributed by atoms with Crippen molar-refractivity contribution in [3.63, 3.8) is 0 Å². The lowest BCUT2D eigenvalue weighted by Gasteiger charge is -2.39. The molecule has 0 N–H and O–H groups in total. The molecular weight excluding hydrogens is 550 g/mol. The minimum atomic E-state index is -0.642. The van der Waals surface area contributed by atoms with Gasteiger partial charge in [0, 0.05) is 49.9 Å². The number of fused-ring (bicyclic) bond motifs is 1. The first kappa shape index (κ1) is 29.3. The fourth-order valence-electron chi connectivity index (χ4n) is 6.20. The molecule has 2 unspecified atom stereocenters. The van der Waals surface area contributed by atoms with Crippen molar-refractivity contribution in [2.45, 2.75) is 19.8 Å². The molecule has 4 aromatic rings. The second kappa shape index (κ2) is 13.2. The number of hydrogen-bond acceptors (Lipinski definition) is 7. The first-order chi connectivity index (χ1) is 21.5. The van der Waals surface area contributed by atoms with Gasteiger partial charge < -0.3 is 9.64 Å². The Kier molecular flexibility index (Phi) is 8.79. The van der Waals surface area contributed by atoms with Crippen molar-refractivity contribution >= 4 is 29.4 Å². The number of aliphatic imine (C=N–C) groups is 1. The molecule has 6 rings (SSSR count). The highest BCUT2D eigenvalue weighted by Gasteiger charge is 2.43. The summed E-state index contributed by atoms with van der Waals surface area (Å²) in [6.45, 7) is 7.80. The molecule has 0 bridgehead atoms. The summed E-state index contributed by atoms with van der Waals surface area (Å²) in [4.78, 5) is 41.6. The zero-order valence-electron chi connectivity index (χ0n) is 25.2. The van der Waals surface area contributed by atoms with E-state index in [-0.39, 0.29) is 12.6 Å². The van der Waals surface area contributed by atoms with E-state index >= 15 is 0 Å². The summed E-state index contributed by atoms with van der Waals surface area (Å²) in [6.07, 6.45) is 4.34. The van der Waals surface area contributed by atoms with Gasteiger partial charge in [0.15, 0.2) is 0 Å². The summed E-state index contributed by atoms with van der Waals surface area (Å²) in [7, 11) is 0. The number of piperazine rings is 1. The fraction of sp³-hybridized carbons (Fsp3) is 0.278. The number of nitrogens with zero attached hydrogens (tertiary/aromatic N) is 5. The summed E-state index contributed by atoms with van der Waals surface area (Å²) in [5.74, 6) is -0.279. The van der Waals surface area contributed by atoms with Gasteiger partial charge in [-0.05, 0) is 37.1 Å². The SMILES string of the molecule is CCOC(=O)C1C(C)=Nc2c(c(N3CCN(CC=Cc4ccccc4)CC3)nc(=O)n2-c2ccccc2)C1c1ccccc1. The van der Waals surface area contributed by atoms with E-state index in [1.165, 1.54) is 5.56 Å². The first-order valence-corrected chi connectivity index (χ1v) is 15.2. The van der Waals surface area contributed by atoms with E-state index in [0.29, 0.717) is 36.1 Å². The van der Waals surface area contributed by atoms with E-state index in [1.54, 1.807) is 4.57 Å². The Morgan fingerprint density at radius 2 is 1.55 bits per heavy atom. The molecule has 3 aromatic carbocycles. The molecule has 1 fully saturated rings. The number of para-hydroxylation sites is 1. The van der Waals surface area contributed by atoms with Gasteiger partial charge in [0.2, 0.25) is 0 Å². The van der Waals surface area contributed by atoms with Crippen molar-refractivity contribution in [3.05, 3.63) is 124 Å². The van der Waals surface area contributed by atoms with Crippen LogP contribution in [0, 0.1) is 5.92 Å². The maximum atomic E-state index is 13.8. The summed E-state index contributed by atoms with van der Waals surface area (Å²) in [6, 6.07) is 29.7. The van der Waals surface area contributed by atoms with Gasteiger partial charge in [-0.15, -0.1) is 0 Å². The molecule has 224 valence electrons. The highest BCUT2D eigenvalue weighted by atomic mass is 16.5. The maximum absolute atomic E-state index is 13.8. The standard InChI is InChI=1S/C36H37N5O3/c1-3-44-35(42)30-26(2)37-34-32(31(30)28-17-9-5-10-18-28)33(38-36(43)41(34)29-19-11-6-12-20-29)40-24-22-39(23-25-40)21-13-16-27-14-7-4-8-15-27/h4-20,30-31H,3,21-25H2,1-2H3. The molecule has 0 amide bonds. The van der Waals surface area contributed by atoms with Crippen LogP contribution in [0.4, 0.5) is 11.6 Å². The van der Waals surface area contributed by atoms with Crippen molar-refractivity contribution < 1.29 is 9.53 Å². The van der Waals surface area contributed by atoms with E-state index in [1.807, 2.05) is 92.7 Å². The molecule has 1 aromatic heterocycles. The average Bonchev–Trinajstić information content (AvgIpc) is 3.05. The van der Waals surface area contributed by atoms with Crippen LogP contribution in [-0.4, -0.2) is 65.5 Å². The largest absolute Gasteiger partial charge is 0.465 e. The third-order valence-electron chi connectivity index (χ3n) is 8.32.